The Morgan fingerprint density at radius 3 is 2.76 bits per heavy atom. The number of para-hydroxylation sites is 2. The molecule has 2 heterocycles. The van der Waals surface area contributed by atoms with Gasteiger partial charge in [0.1, 0.15) is 10.6 Å². The van der Waals surface area contributed by atoms with E-state index in [1.165, 1.54) is 18.4 Å². The van der Waals surface area contributed by atoms with E-state index in [1.54, 1.807) is 37.3 Å². The Balaban J connectivity index is 1.95. The first-order valence-electron chi connectivity index (χ1n) is 7.54. The second-order valence-corrected chi connectivity index (χ2v) is 8.11. The zero-order valence-electron chi connectivity index (χ0n) is 13.9. The predicted molar refractivity (Wildman–Crippen MR) is 95.5 cm³/mol. The van der Waals surface area contributed by atoms with Crippen molar-refractivity contribution in [3.63, 3.8) is 0 Å². The zero-order valence-corrected chi connectivity index (χ0v) is 15.6. The molecule has 0 radical (unpaired) electrons. The highest BCUT2D eigenvalue weighted by Crippen LogP contribution is 2.34. The van der Waals surface area contributed by atoms with Gasteiger partial charge in [-0.25, -0.2) is 8.42 Å². The lowest BCUT2D eigenvalue weighted by molar-refractivity contribution is 0.383. The molecule has 0 atom stereocenters. The van der Waals surface area contributed by atoms with Crippen molar-refractivity contribution in [1.82, 2.24) is 10.1 Å². The molecule has 0 amide bonds. The van der Waals surface area contributed by atoms with E-state index < -0.39 is 10.0 Å². The summed E-state index contributed by atoms with van der Waals surface area (Å²) in [7, 11) is -2.28. The number of nitrogens with zero attached hydrogens (tertiary/aromatic N) is 2. The molecule has 0 spiro atoms. The predicted octanol–water partition coefficient (Wildman–Crippen LogP) is 3.48. The van der Waals surface area contributed by atoms with E-state index in [1.807, 2.05) is 6.92 Å². The van der Waals surface area contributed by atoms with Crippen molar-refractivity contribution in [2.45, 2.75) is 25.2 Å². The fourth-order valence-corrected chi connectivity index (χ4v) is 4.86. The van der Waals surface area contributed by atoms with Gasteiger partial charge in [-0.05, 0) is 25.1 Å². The molecule has 0 aliphatic rings. The molecule has 0 aliphatic carbocycles. The van der Waals surface area contributed by atoms with Gasteiger partial charge in [-0.15, -0.1) is 11.3 Å². The highest BCUT2D eigenvalue weighted by atomic mass is 32.2. The Bertz CT molecular complexity index is 992. The van der Waals surface area contributed by atoms with Crippen LogP contribution < -0.4 is 9.46 Å². The maximum Gasteiger partial charge on any atom is 0.263 e. The number of hydrogen-bond donors (Lipinski definition) is 1. The fourth-order valence-electron chi connectivity index (χ4n) is 2.27. The van der Waals surface area contributed by atoms with Gasteiger partial charge in [0.05, 0.1) is 17.7 Å². The third kappa shape index (κ3) is 3.52. The van der Waals surface area contributed by atoms with Crippen LogP contribution in [0.15, 0.2) is 39.8 Å². The molecule has 7 nitrogen and oxygen atoms in total. The Kier molecular flexibility index (Phi) is 4.78. The lowest BCUT2D eigenvalue weighted by Crippen LogP contribution is -2.13. The maximum absolute atomic E-state index is 12.8. The van der Waals surface area contributed by atoms with Crippen LogP contribution >= 0.6 is 11.3 Å². The van der Waals surface area contributed by atoms with Crippen molar-refractivity contribution in [2.24, 2.45) is 0 Å². The number of aryl methyl sites for hydroxylation is 2. The van der Waals surface area contributed by atoms with Crippen LogP contribution in [0.2, 0.25) is 0 Å². The highest BCUT2D eigenvalue weighted by Gasteiger charge is 2.23. The lowest BCUT2D eigenvalue weighted by Gasteiger charge is -2.11. The van der Waals surface area contributed by atoms with Gasteiger partial charge in [-0.1, -0.05) is 24.2 Å². The van der Waals surface area contributed by atoms with Gasteiger partial charge >= 0.3 is 0 Å². The third-order valence-corrected chi connectivity index (χ3v) is 6.17. The van der Waals surface area contributed by atoms with Crippen LogP contribution in [0.25, 0.3) is 10.7 Å². The molecule has 0 fully saturated rings. The molecule has 25 heavy (non-hydrogen) atoms. The van der Waals surface area contributed by atoms with Crippen molar-refractivity contribution in [1.29, 1.82) is 0 Å². The van der Waals surface area contributed by atoms with Crippen molar-refractivity contribution in [3.8, 4) is 16.5 Å². The van der Waals surface area contributed by atoms with Crippen LogP contribution in [0.4, 0.5) is 5.69 Å². The molecule has 0 aliphatic heterocycles. The number of rotatable bonds is 6. The Morgan fingerprint density at radius 2 is 2.08 bits per heavy atom. The molecule has 0 saturated carbocycles. The molecule has 3 aromatic rings. The largest absolute Gasteiger partial charge is 0.495 e. The van der Waals surface area contributed by atoms with Gasteiger partial charge in [0, 0.05) is 11.3 Å². The molecule has 0 bridgehead atoms. The first-order valence-corrected chi connectivity index (χ1v) is 9.83. The zero-order chi connectivity index (χ0) is 18.0. The topological polar surface area (TPSA) is 94.3 Å². The summed E-state index contributed by atoms with van der Waals surface area (Å²) >= 11 is 1.30. The van der Waals surface area contributed by atoms with E-state index in [2.05, 4.69) is 14.9 Å². The minimum absolute atomic E-state index is 0.182. The highest BCUT2D eigenvalue weighted by molar-refractivity contribution is 7.93. The maximum atomic E-state index is 12.8. The van der Waals surface area contributed by atoms with Gasteiger partial charge in [-0.2, -0.15) is 4.98 Å². The van der Waals surface area contributed by atoms with Crippen LogP contribution in [-0.2, 0) is 16.4 Å². The molecular weight excluding hydrogens is 362 g/mol. The third-order valence-electron chi connectivity index (χ3n) is 3.50. The van der Waals surface area contributed by atoms with E-state index in [-0.39, 0.29) is 4.90 Å². The van der Waals surface area contributed by atoms with Gasteiger partial charge < -0.3 is 9.26 Å². The molecule has 0 unspecified atom stereocenters. The minimum atomic E-state index is -3.77. The minimum Gasteiger partial charge on any atom is -0.495 e. The number of aromatic nitrogens is 2. The number of sulfonamides is 1. The normalized spacial score (nSPS) is 11.5. The number of nitrogens with one attached hydrogen (secondary N) is 1. The molecule has 1 N–H and O–H groups in total. The van der Waals surface area contributed by atoms with Crippen LogP contribution in [0.1, 0.15) is 17.7 Å². The van der Waals surface area contributed by atoms with Gasteiger partial charge in [-0.3, -0.25) is 4.72 Å². The van der Waals surface area contributed by atoms with Crippen LogP contribution in [-0.4, -0.2) is 25.7 Å². The Labute approximate surface area is 149 Å². The Morgan fingerprint density at radius 1 is 1.32 bits per heavy atom. The summed E-state index contributed by atoms with van der Waals surface area (Å²) in [5.74, 6) is 1.35. The van der Waals surface area contributed by atoms with Crippen LogP contribution in [0, 0.1) is 6.92 Å². The first kappa shape index (κ1) is 17.4. The standard InChI is InChI=1S/C16H17N3O4S2/c1-4-15-17-16(18-23-15)13-9-14(10(2)24-13)25(20,21)19-11-7-5-6-8-12(11)22-3/h5-9,19H,4H2,1-3H3. The van der Waals surface area contributed by atoms with Crippen molar-refractivity contribution < 1.29 is 17.7 Å². The number of benzene rings is 1. The smallest absolute Gasteiger partial charge is 0.263 e. The summed E-state index contributed by atoms with van der Waals surface area (Å²) in [5, 5.41) is 3.89. The summed E-state index contributed by atoms with van der Waals surface area (Å²) in [6.45, 7) is 3.65. The first-order chi connectivity index (χ1) is 11.9. The van der Waals surface area contributed by atoms with Crippen molar-refractivity contribution in [3.05, 3.63) is 41.1 Å². The fraction of sp³-hybridized carbons (Fsp3) is 0.250. The summed E-state index contributed by atoms with van der Waals surface area (Å²) in [6.07, 6.45) is 0.623. The second-order valence-electron chi connectivity index (χ2n) is 5.20. The summed E-state index contributed by atoms with van der Waals surface area (Å²) < 4.78 is 38.4. The summed E-state index contributed by atoms with van der Waals surface area (Å²) in [6, 6.07) is 8.40. The number of hydrogen-bond acceptors (Lipinski definition) is 7. The molecule has 1 aromatic carbocycles. The van der Waals surface area contributed by atoms with Gasteiger partial charge in [0.2, 0.25) is 11.7 Å². The average molecular weight is 379 g/mol. The van der Waals surface area contributed by atoms with E-state index >= 15 is 0 Å². The Hall–Kier alpha value is -2.39. The molecule has 2 aromatic heterocycles. The summed E-state index contributed by atoms with van der Waals surface area (Å²) in [4.78, 5) is 5.71. The van der Waals surface area contributed by atoms with Crippen molar-refractivity contribution in [2.75, 3.05) is 11.8 Å². The van der Waals surface area contributed by atoms with Gasteiger partial charge in [0.25, 0.3) is 10.0 Å². The SMILES string of the molecule is CCc1nc(-c2cc(S(=O)(=O)Nc3ccccc3OC)c(C)s2)no1. The van der Waals surface area contributed by atoms with E-state index in [9.17, 15) is 8.42 Å². The average Bonchev–Trinajstić information content (AvgIpc) is 3.21. The quantitative estimate of drug-likeness (QED) is 0.705. The van der Waals surface area contributed by atoms with Crippen LogP contribution in [0.5, 0.6) is 5.75 Å². The second kappa shape index (κ2) is 6.85. The molecular formula is C16H17N3O4S2. The number of ether oxygens (including phenoxy) is 1. The molecule has 0 saturated heterocycles. The van der Waals surface area contributed by atoms with Crippen molar-refractivity contribution >= 4 is 27.0 Å². The number of thiophene rings is 1. The lowest BCUT2D eigenvalue weighted by atomic mass is 10.3. The molecule has 3 rings (SSSR count). The molecule has 132 valence electrons. The molecule has 9 heteroatoms. The van der Waals surface area contributed by atoms with E-state index in [0.717, 1.165) is 0 Å². The number of methoxy groups -OCH3 is 1. The van der Waals surface area contributed by atoms with E-state index in [0.29, 0.717) is 39.3 Å². The van der Waals surface area contributed by atoms with Crippen LogP contribution in [0.3, 0.4) is 0 Å². The number of anilines is 1. The van der Waals surface area contributed by atoms with Gasteiger partial charge in [0.15, 0.2) is 0 Å². The van der Waals surface area contributed by atoms with E-state index in [4.69, 9.17) is 9.26 Å². The summed E-state index contributed by atoms with van der Waals surface area (Å²) in [5.41, 5.74) is 0.380. The monoisotopic (exact) mass is 379 g/mol.